The van der Waals surface area contributed by atoms with Crippen LogP contribution < -0.4 is 19.6 Å². The Balaban J connectivity index is 1.77. The average Bonchev–Trinajstić information content (AvgIpc) is 2.79. The van der Waals surface area contributed by atoms with Crippen molar-refractivity contribution in [3.05, 3.63) is 71.8 Å². The number of amides is 1. The fraction of sp³-hybridized carbons (Fsp3) is 0.174. The summed E-state index contributed by atoms with van der Waals surface area (Å²) < 4.78 is 30.8. The molecule has 3 rings (SSSR count). The van der Waals surface area contributed by atoms with Gasteiger partial charge in [0, 0.05) is 29.6 Å². The molecule has 160 valence electrons. The Morgan fingerprint density at radius 1 is 1.06 bits per heavy atom. The van der Waals surface area contributed by atoms with Crippen LogP contribution in [0, 0.1) is 5.82 Å². The van der Waals surface area contributed by atoms with Crippen LogP contribution in [0.4, 0.5) is 4.39 Å². The largest absolute Gasteiger partial charge is 0.497 e. The van der Waals surface area contributed by atoms with Crippen molar-refractivity contribution < 1.29 is 23.4 Å². The van der Waals surface area contributed by atoms with Gasteiger partial charge in [-0.15, -0.1) is 0 Å². The van der Waals surface area contributed by atoms with Crippen LogP contribution in [0.15, 0.2) is 60.0 Å². The summed E-state index contributed by atoms with van der Waals surface area (Å²) >= 11 is 0. The number of pyridine rings is 1. The van der Waals surface area contributed by atoms with Gasteiger partial charge in [0.2, 0.25) is 0 Å². The van der Waals surface area contributed by atoms with E-state index in [1.807, 2.05) is 6.92 Å². The molecule has 0 saturated heterocycles. The summed E-state index contributed by atoms with van der Waals surface area (Å²) in [6.07, 6.45) is 3.94. The van der Waals surface area contributed by atoms with Crippen LogP contribution in [0.25, 0.3) is 11.1 Å². The fourth-order valence-electron chi connectivity index (χ4n) is 2.83. The molecule has 1 aromatic heterocycles. The molecule has 0 saturated carbocycles. The molecular formula is C23H22FN3O4. The summed E-state index contributed by atoms with van der Waals surface area (Å²) in [5.74, 6) is 0.423. The highest BCUT2D eigenvalue weighted by molar-refractivity contribution is 5.96. The lowest BCUT2D eigenvalue weighted by atomic mass is 10.0. The molecule has 1 N–H and O–H groups in total. The van der Waals surface area contributed by atoms with Gasteiger partial charge in [-0.2, -0.15) is 5.10 Å². The first-order valence-electron chi connectivity index (χ1n) is 9.49. The van der Waals surface area contributed by atoms with Crippen molar-refractivity contribution in [2.75, 3.05) is 20.8 Å². The highest BCUT2D eigenvalue weighted by atomic mass is 19.1. The number of ether oxygens (including phenoxy) is 3. The van der Waals surface area contributed by atoms with Crippen molar-refractivity contribution in [3.63, 3.8) is 0 Å². The first-order chi connectivity index (χ1) is 15.0. The van der Waals surface area contributed by atoms with Crippen molar-refractivity contribution in [1.82, 2.24) is 10.4 Å². The summed E-state index contributed by atoms with van der Waals surface area (Å²) in [5, 5.41) is 3.90. The fourth-order valence-corrected chi connectivity index (χ4v) is 2.83. The number of benzene rings is 2. The number of carbonyl (C=O) groups is 1. The van der Waals surface area contributed by atoms with E-state index in [0.29, 0.717) is 35.0 Å². The Hall–Kier alpha value is -3.94. The molecule has 8 heteroatoms. The first kappa shape index (κ1) is 21.8. The third-order valence-electron chi connectivity index (χ3n) is 4.35. The number of methoxy groups -OCH3 is 2. The van der Waals surface area contributed by atoms with E-state index in [1.54, 1.807) is 42.5 Å². The molecular weight excluding hydrogens is 401 g/mol. The lowest BCUT2D eigenvalue weighted by molar-refractivity contribution is 0.0951. The second kappa shape index (κ2) is 10.2. The Morgan fingerprint density at radius 3 is 2.35 bits per heavy atom. The number of aromatic nitrogens is 1. The van der Waals surface area contributed by atoms with Crippen molar-refractivity contribution in [3.8, 4) is 28.4 Å². The van der Waals surface area contributed by atoms with Crippen molar-refractivity contribution in [1.29, 1.82) is 0 Å². The van der Waals surface area contributed by atoms with Gasteiger partial charge >= 0.3 is 0 Å². The van der Waals surface area contributed by atoms with Crippen molar-refractivity contribution in [2.45, 2.75) is 6.92 Å². The van der Waals surface area contributed by atoms with Crippen LogP contribution in [-0.4, -0.2) is 37.9 Å². The van der Waals surface area contributed by atoms with Crippen LogP contribution in [0.3, 0.4) is 0 Å². The minimum absolute atomic E-state index is 0.206. The second-order valence-electron chi connectivity index (χ2n) is 6.35. The van der Waals surface area contributed by atoms with E-state index < -0.39 is 11.7 Å². The second-order valence-corrected chi connectivity index (χ2v) is 6.35. The minimum atomic E-state index is -0.719. The zero-order valence-corrected chi connectivity index (χ0v) is 17.4. The Kier molecular flexibility index (Phi) is 7.16. The average molecular weight is 423 g/mol. The first-order valence-corrected chi connectivity index (χ1v) is 9.49. The monoisotopic (exact) mass is 423 g/mol. The van der Waals surface area contributed by atoms with Gasteiger partial charge < -0.3 is 14.2 Å². The van der Waals surface area contributed by atoms with E-state index in [2.05, 4.69) is 15.5 Å². The van der Waals surface area contributed by atoms with Crippen LogP contribution >= 0.6 is 0 Å². The van der Waals surface area contributed by atoms with Gasteiger partial charge in [0.1, 0.15) is 23.1 Å². The minimum Gasteiger partial charge on any atom is -0.497 e. The molecule has 0 radical (unpaired) electrons. The zero-order chi connectivity index (χ0) is 22.2. The summed E-state index contributed by atoms with van der Waals surface area (Å²) in [5.41, 5.74) is 3.52. The molecule has 0 aliphatic carbocycles. The molecule has 0 aliphatic rings. The van der Waals surface area contributed by atoms with Gasteiger partial charge in [-0.3, -0.25) is 9.78 Å². The van der Waals surface area contributed by atoms with Crippen LogP contribution in [0.2, 0.25) is 0 Å². The number of hydrogen-bond donors (Lipinski definition) is 1. The third kappa shape index (κ3) is 5.36. The number of halogens is 1. The third-order valence-corrected chi connectivity index (χ3v) is 4.35. The summed E-state index contributed by atoms with van der Waals surface area (Å²) in [7, 11) is 3.06. The standard InChI is InChI=1S/C23H22FN3O4/c1-4-31-17-7-5-16(6-8-17)20-13-25-14-21(22(20)24)23(28)27-26-12-15-9-18(29-2)11-19(10-15)30-3/h5-14H,4H2,1-3H3,(H,27,28). The molecule has 0 bridgehead atoms. The Bertz CT molecular complexity index is 1060. The summed E-state index contributed by atoms with van der Waals surface area (Å²) in [6.45, 7) is 2.42. The summed E-state index contributed by atoms with van der Waals surface area (Å²) in [4.78, 5) is 16.4. The van der Waals surface area contributed by atoms with E-state index in [9.17, 15) is 9.18 Å². The lowest BCUT2D eigenvalue weighted by Gasteiger charge is -2.08. The molecule has 0 spiro atoms. The molecule has 1 heterocycles. The predicted octanol–water partition coefficient (Wildman–Crippen LogP) is 4.07. The molecule has 31 heavy (non-hydrogen) atoms. The maximum absolute atomic E-state index is 15.0. The topological polar surface area (TPSA) is 82.0 Å². The van der Waals surface area contributed by atoms with E-state index in [4.69, 9.17) is 14.2 Å². The van der Waals surface area contributed by atoms with E-state index in [1.165, 1.54) is 26.6 Å². The number of carbonyl (C=O) groups excluding carboxylic acids is 1. The number of rotatable bonds is 8. The van der Waals surface area contributed by atoms with E-state index >= 15 is 0 Å². The molecule has 1 amide bonds. The van der Waals surface area contributed by atoms with Gasteiger partial charge in [-0.1, -0.05) is 12.1 Å². The van der Waals surface area contributed by atoms with Gasteiger partial charge in [0.25, 0.3) is 5.91 Å². The van der Waals surface area contributed by atoms with Crippen LogP contribution in [-0.2, 0) is 0 Å². The Morgan fingerprint density at radius 2 is 1.74 bits per heavy atom. The molecule has 3 aromatic rings. The van der Waals surface area contributed by atoms with Gasteiger partial charge in [0.15, 0.2) is 0 Å². The lowest BCUT2D eigenvalue weighted by Crippen LogP contribution is -2.19. The number of hydrazone groups is 1. The predicted molar refractivity (Wildman–Crippen MR) is 115 cm³/mol. The molecule has 0 aliphatic heterocycles. The van der Waals surface area contributed by atoms with E-state index in [-0.39, 0.29) is 11.1 Å². The van der Waals surface area contributed by atoms with Gasteiger partial charge in [-0.05, 0) is 36.8 Å². The summed E-state index contributed by atoms with van der Waals surface area (Å²) in [6, 6.07) is 12.0. The molecule has 2 aromatic carbocycles. The SMILES string of the molecule is CCOc1ccc(-c2cncc(C(=O)NN=Cc3cc(OC)cc(OC)c3)c2F)cc1. The highest BCUT2D eigenvalue weighted by Gasteiger charge is 2.16. The van der Waals surface area contributed by atoms with Gasteiger partial charge in [0.05, 0.1) is 32.6 Å². The quantitative estimate of drug-likeness (QED) is 0.436. The van der Waals surface area contributed by atoms with Crippen molar-refractivity contribution in [2.24, 2.45) is 5.10 Å². The Labute approximate surface area is 179 Å². The smallest absolute Gasteiger partial charge is 0.275 e. The number of nitrogens with zero attached hydrogens (tertiary/aromatic N) is 2. The van der Waals surface area contributed by atoms with Crippen molar-refractivity contribution >= 4 is 12.1 Å². The normalized spacial score (nSPS) is 10.7. The van der Waals surface area contributed by atoms with Gasteiger partial charge in [-0.25, -0.2) is 9.82 Å². The van der Waals surface area contributed by atoms with Crippen LogP contribution in [0.5, 0.6) is 17.2 Å². The van der Waals surface area contributed by atoms with E-state index in [0.717, 1.165) is 6.20 Å². The zero-order valence-electron chi connectivity index (χ0n) is 17.4. The van der Waals surface area contributed by atoms with Crippen LogP contribution in [0.1, 0.15) is 22.8 Å². The maximum Gasteiger partial charge on any atom is 0.275 e. The molecule has 0 unspecified atom stereocenters. The maximum atomic E-state index is 15.0. The molecule has 0 atom stereocenters. The molecule has 0 fully saturated rings. The number of nitrogens with one attached hydrogen (secondary N) is 1. The highest BCUT2D eigenvalue weighted by Crippen LogP contribution is 2.26. The molecule has 7 nitrogen and oxygen atoms in total. The number of hydrogen-bond acceptors (Lipinski definition) is 6.